The van der Waals surface area contributed by atoms with Crippen LogP contribution in [0.4, 0.5) is 0 Å². The monoisotopic (exact) mass is 365 g/mol. The predicted molar refractivity (Wildman–Crippen MR) is 104 cm³/mol. The molecule has 0 aliphatic carbocycles. The number of aromatic nitrogens is 2. The Balaban J connectivity index is 1.79. The Bertz CT molecular complexity index is 935. The molecule has 0 aliphatic heterocycles. The van der Waals surface area contributed by atoms with Gasteiger partial charge in [-0.15, -0.1) is 0 Å². The van der Waals surface area contributed by atoms with Crippen molar-refractivity contribution in [1.82, 2.24) is 15.1 Å². The number of benzene rings is 2. The van der Waals surface area contributed by atoms with Crippen LogP contribution >= 0.6 is 0 Å². The summed E-state index contributed by atoms with van der Waals surface area (Å²) in [7, 11) is 3.18. The second-order valence-electron chi connectivity index (χ2n) is 6.20. The van der Waals surface area contributed by atoms with E-state index < -0.39 is 0 Å². The number of rotatable bonds is 6. The van der Waals surface area contributed by atoms with E-state index in [1.807, 2.05) is 62.4 Å². The summed E-state index contributed by atoms with van der Waals surface area (Å²) < 4.78 is 12.4. The zero-order valence-electron chi connectivity index (χ0n) is 15.9. The molecule has 6 heteroatoms. The molecule has 0 radical (unpaired) electrons. The molecule has 0 bridgehead atoms. The van der Waals surface area contributed by atoms with Gasteiger partial charge in [0, 0.05) is 0 Å². The highest BCUT2D eigenvalue weighted by molar-refractivity contribution is 5.95. The van der Waals surface area contributed by atoms with Gasteiger partial charge in [-0.2, -0.15) is 5.10 Å². The first-order valence-corrected chi connectivity index (χ1v) is 8.68. The molecule has 3 rings (SSSR count). The molecule has 0 fully saturated rings. The molecule has 1 amide bonds. The molecule has 1 aromatic heterocycles. The van der Waals surface area contributed by atoms with Gasteiger partial charge in [-0.1, -0.05) is 24.3 Å². The lowest BCUT2D eigenvalue weighted by molar-refractivity contribution is 0.0939. The predicted octanol–water partition coefficient (Wildman–Crippen LogP) is 3.69. The molecular weight excluding hydrogens is 342 g/mol. The molecule has 0 spiro atoms. The number of methoxy groups -OCH3 is 2. The van der Waals surface area contributed by atoms with E-state index in [0.29, 0.717) is 17.1 Å². The minimum absolute atomic E-state index is 0.169. The third kappa shape index (κ3) is 3.79. The summed E-state index contributed by atoms with van der Waals surface area (Å²) in [6.45, 7) is 3.81. The number of ether oxygens (including phenoxy) is 2. The van der Waals surface area contributed by atoms with Crippen LogP contribution < -0.4 is 14.8 Å². The Morgan fingerprint density at radius 1 is 1.07 bits per heavy atom. The van der Waals surface area contributed by atoms with Crippen LogP contribution in [-0.2, 0) is 0 Å². The van der Waals surface area contributed by atoms with Gasteiger partial charge < -0.3 is 14.8 Å². The summed E-state index contributed by atoms with van der Waals surface area (Å²) in [5, 5.41) is 7.37. The average Bonchev–Trinajstić information content (AvgIpc) is 3.09. The summed E-state index contributed by atoms with van der Waals surface area (Å²) in [6.07, 6.45) is 1.60. The second kappa shape index (κ2) is 7.95. The number of carbonyl (C=O) groups excluding carboxylic acids is 1. The fourth-order valence-corrected chi connectivity index (χ4v) is 2.94. The van der Waals surface area contributed by atoms with Crippen molar-refractivity contribution >= 4 is 5.91 Å². The van der Waals surface area contributed by atoms with Gasteiger partial charge in [-0.25, -0.2) is 4.68 Å². The molecule has 1 unspecified atom stereocenters. The fraction of sp³-hybridized carbons (Fsp3) is 0.238. The van der Waals surface area contributed by atoms with Crippen LogP contribution in [0.15, 0.2) is 54.7 Å². The Kier molecular flexibility index (Phi) is 5.45. The van der Waals surface area contributed by atoms with Crippen molar-refractivity contribution in [2.24, 2.45) is 0 Å². The summed E-state index contributed by atoms with van der Waals surface area (Å²) >= 11 is 0. The van der Waals surface area contributed by atoms with Gasteiger partial charge in [0.25, 0.3) is 5.91 Å². The number of carbonyl (C=O) groups is 1. The van der Waals surface area contributed by atoms with Crippen molar-refractivity contribution in [1.29, 1.82) is 0 Å². The highest BCUT2D eigenvalue weighted by Crippen LogP contribution is 2.30. The molecule has 3 aromatic rings. The van der Waals surface area contributed by atoms with Gasteiger partial charge in [0.15, 0.2) is 11.5 Å². The zero-order valence-corrected chi connectivity index (χ0v) is 15.9. The minimum atomic E-state index is -0.197. The Hall–Kier alpha value is -3.28. The molecular formula is C21H23N3O3. The second-order valence-corrected chi connectivity index (χ2v) is 6.20. The Morgan fingerprint density at radius 3 is 2.44 bits per heavy atom. The number of nitrogens with one attached hydrogen (secondary N) is 1. The van der Waals surface area contributed by atoms with E-state index in [4.69, 9.17) is 9.47 Å². The SMILES string of the molecule is COc1ccc(C(C)NC(=O)c2cnn(-c3ccccc3)c2C)cc1OC. The van der Waals surface area contributed by atoms with E-state index >= 15 is 0 Å². The molecule has 1 atom stereocenters. The van der Waals surface area contributed by atoms with Crippen molar-refractivity contribution in [2.45, 2.75) is 19.9 Å². The van der Waals surface area contributed by atoms with Gasteiger partial charge in [0.1, 0.15) is 0 Å². The van der Waals surface area contributed by atoms with Gasteiger partial charge in [0.05, 0.1) is 43.4 Å². The number of para-hydroxylation sites is 1. The van der Waals surface area contributed by atoms with Crippen molar-refractivity contribution < 1.29 is 14.3 Å². The number of amides is 1. The van der Waals surface area contributed by atoms with E-state index in [1.54, 1.807) is 25.1 Å². The molecule has 1 N–H and O–H groups in total. The first-order valence-electron chi connectivity index (χ1n) is 8.68. The lowest BCUT2D eigenvalue weighted by Gasteiger charge is -2.16. The number of hydrogen-bond acceptors (Lipinski definition) is 4. The summed E-state index contributed by atoms with van der Waals surface area (Å²) in [6, 6.07) is 15.1. The molecule has 0 saturated heterocycles. The Morgan fingerprint density at radius 2 is 1.78 bits per heavy atom. The van der Waals surface area contributed by atoms with Crippen LogP contribution in [-0.4, -0.2) is 29.9 Å². The summed E-state index contributed by atoms with van der Waals surface area (Å²) in [5.74, 6) is 1.11. The molecule has 0 aliphatic rings. The fourth-order valence-electron chi connectivity index (χ4n) is 2.94. The number of nitrogens with zero attached hydrogens (tertiary/aromatic N) is 2. The molecule has 6 nitrogen and oxygen atoms in total. The van der Waals surface area contributed by atoms with Crippen LogP contribution in [0.5, 0.6) is 11.5 Å². The number of hydrogen-bond donors (Lipinski definition) is 1. The van der Waals surface area contributed by atoms with Crippen LogP contribution in [0.2, 0.25) is 0 Å². The Labute approximate surface area is 158 Å². The maximum absolute atomic E-state index is 12.8. The van der Waals surface area contributed by atoms with E-state index in [-0.39, 0.29) is 11.9 Å². The third-order valence-corrected chi connectivity index (χ3v) is 4.51. The van der Waals surface area contributed by atoms with Crippen LogP contribution in [0.1, 0.15) is 34.6 Å². The largest absolute Gasteiger partial charge is 0.493 e. The molecule has 2 aromatic carbocycles. The van der Waals surface area contributed by atoms with E-state index in [2.05, 4.69) is 10.4 Å². The van der Waals surface area contributed by atoms with Gasteiger partial charge >= 0.3 is 0 Å². The highest BCUT2D eigenvalue weighted by Gasteiger charge is 2.18. The quantitative estimate of drug-likeness (QED) is 0.724. The van der Waals surface area contributed by atoms with Crippen molar-refractivity contribution in [3.8, 4) is 17.2 Å². The lowest BCUT2D eigenvalue weighted by atomic mass is 10.1. The van der Waals surface area contributed by atoms with Crippen LogP contribution in [0.3, 0.4) is 0 Å². The zero-order chi connectivity index (χ0) is 19.4. The first-order chi connectivity index (χ1) is 13.0. The minimum Gasteiger partial charge on any atom is -0.493 e. The van der Waals surface area contributed by atoms with Crippen molar-refractivity contribution in [2.75, 3.05) is 14.2 Å². The van der Waals surface area contributed by atoms with Gasteiger partial charge in [0.2, 0.25) is 0 Å². The molecule has 0 saturated carbocycles. The highest BCUT2D eigenvalue weighted by atomic mass is 16.5. The van der Waals surface area contributed by atoms with Gasteiger partial charge in [-0.3, -0.25) is 4.79 Å². The smallest absolute Gasteiger partial charge is 0.255 e. The van der Waals surface area contributed by atoms with E-state index in [0.717, 1.165) is 16.9 Å². The van der Waals surface area contributed by atoms with Crippen molar-refractivity contribution in [3.05, 3.63) is 71.5 Å². The van der Waals surface area contributed by atoms with E-state index in [9.17, 15) is 4.79 Å². The standard InChI is InChI=1S/C21H23N3O3/c1-14(16-10-11-19(26-3)20(12-16)27-4)23-21(25)18-13-22-24(15(18)2)17-8-6-5-7-9-17/h5-14H,1-4H3,(H,23,25). The molecule has 1 heterocycles. The first kappa shape index (κ1) is 18.5. The van der Waals surface area contributed by atoms with Crippen LogP contribution in [0.25, 0.3) is 5.69 Å². The summed E-state index contributed by atoms with van der Waals surface area (Å²) in [4.78, 5) is 12.8. The molecule has 140 valence electrons. The van der Waals surface area contributed by atoms with E-state index in [1.165, 1.54) is 0 Å². The van der Waals surface area contributed by atoms with Crippen molar-refractivity contribution in [3.63, 3.8) is 0 Å². The lowest BCUT2D eigenvalue weighted by Crippen LogP contribution is -2.27. The average molecular weight is 365 g/mol. The normalized spacial score (nSPS) is 11.7. The van der Waals surface area contributed by atoms with Crippen LogP contribution in [0, 0.1) is 6.92 Å². The summed E-state index contributed by atoms with van der Waals surface area (Å²) in [5.41, 5.74) is 3.18. The third-order valence-electron chi connectivity index (χ3n) is 4.51. The molecule has 27 heavy (non-hydrogen) atoms. The van der Waals surface area contributed by atoms with Gasteiger partial charge in [-0.05, 0) is 43.7 Å². The topological polar surface area (TPSA) is 65.4 Å². The maximum atomic E-state index is 12.8. The maximum Gasteiger partial charge on any atom is 0.255 e.